The van der Waals surface area contributed by atoms with Crippen LogP contribution in [0.4, 0.5) is 0 Å². The van der Waals surface area contributed by atoms with Gasteiger partial charge in [0.25, 0.3) is 5.91 Å². The number of carbonyl (C=O) groups excluding carboxylic acids is 2. The zero-order valence-electron chi connectivity index (χ0n) is 13.2. The summed E-state index contributed by atoms with van der Waals surface area (Å²) < 4.78 is 5.00. The molecule has 1 aromatic heterocycles. The molecule has 1 heterocycles. The van der Waals surface area contributed by atoms with Crippen LogP contribution >= 0.6 is 23.2 Å². The minimum absolute atomic E-state index is 0.0686. The molecule has 0 aliphatic heterocycles. The first-order chi connectivity index (χ1) is 11.4. The lowest BCUT2D eigenvalue weighted by Crippen LogP contribution is -2.28. The SMILES string of the molecule is Cc1cc(C)c(C(=O)OCC(=O)NCc2ccc(Cl)cc2)c(Cl)n1. The normalized spacial score (nSPS) is 10.3. The Morgan fingerprint density at radius 3 is 2.46 bits per heavy atom. The third-order valence-corrected chi connectivity index (χ3v) is 3.77. The summed E-state index contributed by atoms with van der Waals surface area (Å²) in [6.45, 7) is 3.44. The van der Waals surface area contributed by atoms with Gasteiger partial charge in [0.15, 0.2) is 6.61 Å². The van der Waals surface area contributed by atoms with E-state index < -0.39 is 18.5 Å². The van der Waals surface area contributed by atoms with Gasteiger partial charge >= 0.3 is 5.97 Å². The Kier molecular flexibility index (Phi) is 6.17. The average Bonchev–Trinajstić information content (AvgIpc) is 2.51. The molecule has 0 radical (unpaired) electrons. The number of hydrogen-bond acceptors (Lipinski definition) is 4. The van der Waals surface area contributed by atoms with Gasteiger partial charge in [0.1, 0.15) is 5.15 Å². The highest BCUT2D eigenvalue weighted by molar-refractivity contribution is 6.32. The lowest BCUT2D eigenvalue weighted by atomic mass is 10.1. The molecule has 7 heteroatoms. The van der Waals surface area contributed by atoms with Crippen molar-refractivity contribution in [3.8, 4) is 0 Å². The summed E-state index contributed by atoms with van der Waals surface area (Å²) in [4.78, 5) is 27.9. The summed E-state index contributed by atoms with van der Waals surface area (Å²) in [5.41, 5.74) is 2.42. The average molecular weight is 367 g/mol. The monoisotopic (exact) mass is 366 g/mol. The van der Waals surface area contributed by atoms with Crippen molar-refractivity contribution in [1.82, 2.24) is 10.3 Å². The molecule has 1 amide bonds. The molecule has 0 bridgehead atoms. The topological polar surface area (TPSA) is 68.3 Å². The Balaban J connectivity index is 1.87. The molecule has 1 N–H and O–H groups in total. The van der Waals surface area contributed by atoms with Crippen LogP contribution < -0.4 is 5.32 Å². The van der Waals surface area contributed by atoms with Crippen molar-refractivity contribution in [3.63, 3.8) is 0 Å². The van der Waals surface area contributed by atoms with Crippen molar-refractivity contribution < 1.29 is 14.3 Å². The highest BCUT2D eigenvalue weighted by atomic mass is 35.5. The van der Waals surface area contributed by atoms with Crippen LogP contribution in [-0.4, -0.2) is 23.5 Å². The first-order valence-corrected chi connectivity index (χ1v) is 7.94. The van der Waals surface area contributed by atoms with Gasteiger partial charge in [-0.15, -0.1) is 0 Å². The first kappa shape index (κ1) is 18.2. The summed E-state index contributed by atoms with van der Waals surface area (Å²) in [5, 5.41) is 3.35. The van der Waals surface area contributed by atoms with Crippen LogP contribution in [0.1, 0.15) is 27.2 Å². The Morgan fingerprint density at radius 2 is 1.83 bits per heavy atom. The van der Waals surface area contributed by atoms with E-state index in [9.17, 15) is 9.59 Å². The van der Waals surface area contributed by atoms with Crippen LogP contribution in [0.5, 0.6) is 0 Å². The number of nitrogens with one attached hydrogen (secondary N) is 1. The second-order valence-electron chi connectivity index (χ2n) is 5.23. The quantitative estimate of drug-likeness (QED) is 0.649. The molecule has 2 rings (SSSR count). The number of carbonyl (C=O) groups is 2. The first-order valence-electron chi connectivity index (χ1n) is 7.19. The number of esters is 1. The molecule has 0 spiro atoms. The Hall–Kier alpha value is -2.11. The van der Waals surface area contributed by atoms with E-state index in [0.717, 1.165) is 5.56 Å². The van der Waals surface area contributed by atoms with Crippen LogP contribution in [-0.2, 0) is 16.1 Å². The maximum absolute atomic E-state index is 12.1. The van der Waals surface area contributed by atoms with Gasteiger partial charge in [0, 0.05) is 17.3 Å². The Bertz CT molecular complexity index is 738. The molecule has 0 aliphatic rings. The van der Waals surface area contributed by atoms with Gasteiger partial charge in [-0.2, -0.15) is 0 Å². The van der Waals surface area contributed by atoms with Crippen LogP contribution in [0.2, 0.25) is 10.2 Å². The molecule has 0 fully saturated rings. The van der Waals surface area contributed by atoms with Crippen molar-refractivity contribution >= 4 is 35.1 Å². The second kappa shape index (κ2) is 8.13. The number of rotatable bonds is 5. The van der Waals surface area contributed by atoms with Crippen molar-refractivity contribution in [2.45, 2.75) is 20.4 Å². The minimum atomic E-state index is -0.674. The van der Waals surface area contributed by atoms with E-state index in [-0.39, 0.29) is 10.7 Å². The lowest BCUT2D eigenvalue weighted by molar-refractivity contribution is -0.124. The van der Waals surface area contributed by atoms with E-state index in [1.54, 1.807) is 44.2 Å². The molecule has 0 aliphatic carbocycles. The van der Waals surface area contributed by atoms with E-state index in [1.807, 2.05) is 0 Å². The Labute approximate surface area is 149 Å². The smallest absolute Gasteiger partial charge is 0.342 e. The molecule has 0 saturated heterocycles. The number of halogens is 2. The third-order valence-electron chi connectivity index (χ3n) is 3.24. The lowest BCUT2D eigenvalue weighted by Gasteiger charge is -2.10. The highest BCUT2D eigenvalue weighted by Crippen LogP contribution is 2.19. The largest absolute Gasteiger partial charge is 0.452 e. The van der Waals surface area contributed by atoms with Crippen molar-refractivity contribution in [2.75, 3.05) is 6.61 Å². The van der Waals surface area contributed by atoms with E-state index in [4.69, 9.17) is 27.9 Å². The van der Waals surface area contributed by atoms with Crippen molar-refractivity contribution in [1.29, 1.82) is 0 Å². The van der Waals surface area contributed by atoms with Crippen LogP contribution in [0.15, 0.2) is 30.3 Å². The van der Waals surface area contributed by atoms with Crippen molar-refractivity contribution in [3.05, 3.63) is 62.9 Å². The maximum atomic E-state index is 12.1. The third kappa shape index (κ3) is 4.94. The molecule has 5 nitrogen and oxygen atoms in total. The number of aromatic nitrogens is 1. The number of pyridine rings is 1. The molecule has 2 aromatic rings. The fourth-order valence-corrected chi connectivity index (χ4v) is 2.58. The van der Waals surface area contributed by atoms with Gasteiger partial charge in [-0.05, 0) is 43.2 Å². The molecule has 24 heavy (non-hydrogen) atoms. The van der Waals surface area contributed by atoms with Gasteiger partial charge in [-0.25, -0.2) is 9.78 Å². The van der Waals surface area contributed by atoms with E-state index in [0.29, 0.717) is 22.8 Å². The zero-order chi connectivity index (χ0) is 17.7. The van der Waals surface area contributed by atoms with Gasteiger partial charge in [-0.1, -0.05) is 35.3 Å². The van der Waals surface area contributed by atoms with E-state index in [1.165, 1.54) is 0 Å². The van der Waals surface area contributed by atoms with Crippen LogP contribution in [0.3, 0.4) is 0 Å². The number of hydrogen-bond donors (Lipinski definition) is 1. The summed E-state index contributed by atoms with van der Waals surface area (Å²) >= 11 is 11.8. The number of nitrogens with zero attached hydrogens (tertiary/aromatic N) is 1. The molecule has 1 aromatic carbocycles. The molecular weight excluding hydrogens is 351 g/mol. The number of ether oxygens (including phenoxy) is 1. The summed E-state index contributed by atoms with van der Waals surface area (Å²) in [5.74, 6) is -1.08. The number of aryl methyl sites for hydroxylation is 2. The van der Waals surface area contributed by atoms with E-state index >= 15 is 0 Å². The van der Waals surface area contributed by atoms with Crippen molar-refractivity contribution in [2.24, 2.45) is 0 Å². The van der Waals surface area contributed by atoms with Crippen LogP contribution in [0, 0.1) is 13.8 Å². The van der Waals surface area contributed by atoms with Gasteiger partial charge in [0.2, 0.25) is 0 Å². The molecule has 0 saturated carbocycles. The number of benzene rings is 1. The highest BCUT2D eigenvalue weighted by Gasteiger charge is 2.18. The fraction of sp³-hybridized carbons (Fsp3) is 0.235. The predicted molar refractivity (Wildman–Crippen MR) is 92.3 cm³/mol. The van der Waals surface area contributed by atoms with Gasteiger partial charge in [-0.3, -0.25) is 4.79 Å². The summed E-state index contributed by atoms with van der Waals surface area (Å²) in [6.07, 6.45) is 0. The standard InChI is InChI=1S/C17H16Cl2N2O3/c1-10-7-11(2)21-16(19)15(10)17(23)24-9-14(22)20-8-12-3-5-13(18)6-4-12/h3-7H,8-9H2,1-2H3,(H,20,22). The van der Waals surface area contributed by atoms with E-state index in [2.05, 4.69) is 10.3 Å². The second-order valence-corrected chi connectivity index (χ2v) is 6.02. The summed E-state index contributed by atoms with van der Waals surface area (Å²) in [6, 6.07) is 8.80. The zero-order valence-corrected chi connectivity index (χ0v) is 14.7. The summed E-state index contributed by atoms with van der Waals surface area (Å²) in [7, 11) is 0. The van der Waals surface area contributed by atoms with Crippen LogP contribution in [0.25, 0.3) is 0 Å². The molecule has 0 atom stereocenters. The number of amides is 1. The van der Waals surface area contributed by atoms with Gasteiger partial charge in [0.05, 0.1) is 5.56 Å². The van der Waals surface area contributed by atoms with Gasteiger partial charge < -0.3 is 10.1 Å². The molecule has 126 valence electrons. The predicted octanol–water partition coefficient (Wildman–Crippen LogP) is 3.48. The molecule has 0 unspecified atom stereocenters. The molecular formula is C17H16Cl2N2O3. The minimum Gasteiger partial charge on any atom is -0.452 e. The maximum Gasteiger partial charge on any atom is 0.342 e. The Morgan fingerprint density at radius 1 is 1.17 bits per heavy atom. The fourth-order valence-electron chi connectivity index (χ4n) is 2.09.